The van der Waals surface area contributed by atoms with E-state index in [1.54, 1.807) is 6.92 Å². The molecule has 8 nitrogen and oxygen atoms in total. The van der Waals surface area contributed by atoms with Crippen LogP contribution in [-0.2, 0) is 36.6 Å². The van der Waals surface area contributed by atoms with Crippen LogP contribution in [0.25, 0.3) is 10.9 Å². The summed E-state index contributed by atoms with van der Waals surface area (Å²) in [5.41, 5.74) is 3.27. The van der Waals surface area contributed by atoms with E-state index in [1.807, 2.05) is 54.9 Å². The number of hydrogen-bond donors (Lipinski definition) is 0. The van der Waals surface area contributed by atoms with Crippen molar-refractivity contribution in [3.63, 3.8) is 0 Å². The molecule has 3 heterocycles. The van der Waals surface area contributed by atoms with Gasteiger partial charge in [-0.05, 0) is 44.8 Å². The fraction of sp³-hybridized carbons (Fsp3) is 0.462. The number of aromatic nitrogens is 2. The second kappa shape index (κ2) is 10.0. The third-order valence-electron chi connectivity index (χ3n) is 6.33. The Kier molecular flexibility index (Phi) is 6.82. The lowest BCUT2D eigenvalue weighted by atomic mass is 9.78. The minimum Gasteiger partial charge on any atom is -0.487 e. The Balaban J connectivity index is 1.46. The summed E-state index contributed by atoms with van der Waals surface area (Å²) in [5.74, 6) is 0.385. The summed E-state index contributed by atoms with van der Waals surface area (Å²) in [6.07, 6.45) is 1.06. The Labute approximate surface area is 205 Å². The van der Waals surface area contributed by atoms with Crippen LogP contribution in [0, 0.1) is 0 Å². The minimum absolute atomic E-state index is 0.150. The molecule has 0 spiro atoms. The Hall–Kier alpha value is -2.88. The number of para-hydroxylation sites is 1. The SMILES string of the molecule is CCOC(=O)Cc1ccccc1OCc1c2cc(B3OCC(C)(C)O3)ccc2nn1C1CCOC1. The fourth-order valence-electron chi connectivity index (χ4n) is 4.58. The van der Waals surface area contributed by atoms with Gasteiger partial charge in [-0.15, -0.1) is 0 Å². The maximum atomic E-state index is 12.1. The molecule has 1 aromatic heterocycles. The second-order valence-electron chi connectivity index (χ2n) is 9.58. The Morgan fingerprint density at radius 3 is 2.86 bits per heavy atom. The molecule has 0 amide bonds. The largest absolute Gasteiger partial charge is 0.494 e. The van der Waals surface area contributed by atoms with Gasteiger partial charge in [0.1, 0.15) is 12.4 Å². The molecule has 9 heteroatoms. The van der Waals surface area contributed by atoms with Gasteiger partial charge in [0, 0.05) is 17.6 Å². The maximum absolute atomic E-state index is 12.1. The fourth-order valence-corrected chi connectivity index (χ4v) is 4.58. The normalized spacial score (nSPS) is 19.4. The van der Waals surface area contributed by atoms with Crippen LogP contribution < -0.4 is 10.2 Å². The number of fused-ring (bicyclic) bond motifs is 1. The third-order valence-corrected chi connectivity index (χ3v) is 6.33. The molecule has 2 aliphatic rings. The van der Waals surface area contributed by atoms with Crippen LogP contribution in [0.1, 0.15) is 44.5 Å². The number of esters is 1. The van der Waals surface area contributed by atoms with Crippen LogP contribution in [0.5, 0.6) is 5.75 Å². The van der Waals surface area contributed by atoms with E-state index in [0.29, 0.717) is 38.8 Å². The number of carbonyl (C=O) groups excluding carboxylic acids is 1. The van der Waals surface area contributed by atoms with E-state index >= 15 is 0 Å². The first kappa shape index (κ1) is 23.8. The highest BCUT2D eigenvalue weighted by atomic mass is 16.7. The average molecular weight is 478 g/mol. The van der Waals surface area contributed by atoms with E-state index in [0.717, 1.165) is 34.0 Å². The van der Waals surface area contributed by atoms with E-state index < -0.39 is 7.12 Å². The van der Waals surface area contributed by atoms with Gasteiger partial charge in [-0.2, -0.15) is 5.10 Å². The van der Waals surface area contributed by atoms with E-state index in [2.05, 4.69) is 6.07 Å². The summed E-state index contributed by atoms with van der Waals surface area (Å²) in [5, 5.41) is 5.89. The quantitative estimate of drug-likeness (QED) is 0.363. The van der Waals surface area contributed by atoms with Gasteiger partial charge >= 0.3 is 13.1 Å². The van der Waals surface area contributed by atoms with E-state index in [9.17, 15) is 4.79 Å². The molecule has 5 rings (SSSR count). The molecule has 184 valence electrons. The zero-order chi connectivity index (χ0) is 24.4. The summed E-state index contributed by atoms with van der Waals surface area (Å²) >= 11 is 0. The van der Waals surface area contributed by atoms with Crippen LogP contribution in [0.3, 0.4) is 0 Å². The van der Waals surface area contributed by atoms with Gasteiger partial charge in [-0.1, -0.05) is 30.3 Å². The van der Waals surface area contributed by atoms with Crippen molar-refractivity contribution in [1.82, 2.24) is 9.78 Å². The van der Waals surface area contributed by atoms with Crippen molar-refractivity contribution in [2.24, 2.45) is 0 Å². The number of nitrogens with zero attached hydrogens (tertiary/aromatic N) is 2. The molecule has 0 bridgehead atoms. The standard InChI is InChI=1S/C26H31BN2O6/c1-4-32-25(30)13-18-7-5-6-8-24(18)33-16-23-21-14-19(27-34-17-26(2,3)35-27)9-10-22(21)28-29(23)20-11-12-31-15-20/h5-10,14,20H,4,11-13,15-17H2,1-3H3. The number of hydrogen-bond acceptors (Lipinski definition) is 7. The Morgan fingerprint density at radius 2 is 2.11 bits per heavy atom. The maximum Gasteiger partial charge on any atom is 0.494 e. The lowest BCUT2D eigenvalue weighted by Crippen LogP contribution is -2.34. The van der Waals surface area contributed by atoms with Crippen molar-refractivity contribution in [3.8, 4) is 5.75 Å². The van der Waals surface area contributed by atoms with Crippen molar-refractivity contribution in [3.05, 3.63) is 53.7 Å². The van der Waals surface area contributed by atoms with E-state index in [4.69, 9.17) is 28.6 Å². The van der Waals surface area contributed by atoms with Crippen molar-refractivity contribution >= 4 is 29.5 Å². The lowest BCUT2D eigenvalue weighted by Gasteiger charge is -2.16. The average Bonchev–Trinajstić information content (AvgIpc) is 3.57. The van der Waals surface area contributed by atoms with Gasteiger partial charge in [0.25, 0.3) is 0 Å². The van der Waals surface area contributed by atoms with Crippen molar-refractivity contribution in [2.45, 2.75) is 51.9 Å². The van der Waals surface area contributed by atoms with Gasteiger partial charge in [0.15, 0.2) is 0 Å². The van der Waals surface area contributed by atoms with Crippen LogP contribution in [0.4, 0.5) is 0 Å². The highest BCUT2D eigenvalue weighted by Crippen LogP contribution is 2.29. The summed E-state index contributed by atoms with van der Waals surface area (Å²) < 4.78 is 31.1. The molecule has 1 atom stereocenters. The van der Waals surface area contributed by atoms with Gasteiger partial charge < -0.3 is 23.5 Å². The number of carbonyl (C=O) groups is 1. The highest BCUT2D eigenvalue weighted by molar-refractivity contribution is 6.62. The van der Waals surface area contributed by atoms with Crippen molar-refractivity contribution in [2.75, 3.05) is 26.4 Å². The molecule has 0 N–H and O–H groups in total. The minimum atomic E-state index is -0.411. The zero-order valence-electron chi connectivity index (χ0n) is 20.5. The molecule has 1 unspecified atom stereocenters. The van der Waals surface area contributed by atoms with Crippen LogP contribution in [-0.4, -0.2) is 54.9 Å². The molecule has 2 fully saturated rings. The topological polar surface area (TPSA) is 81.0 Å². The van der Waals surface area contributed by atoms with E-state index in [1.165, 1.54) is 0 Å². The predicted octanol–water partition coefficient (Wildman–Crippen LogP) is 3.20. The van der Waals surface area contributed by atoms with Crippen LogP contribution in [0.2, 0.25) is 0 Å². The van der Waals surface area contributed by atoms with Crippen LogP contribution in [0.15, 0.2) is 42.5 Å². The Bertz CT molecular complexity index is 1200. The first-order valence-corrected chi connectivity index (χ1v) is 12.2. The van der Waals surface area contributed by atoms with Gasteiger partial charge in [0.05, 0.1) is 49.1 Å². The van der Waals surface area contributed by atoms with E-state index in [-0.39, 0.29) is 24.0 Å². The summed E-state index contributed by atoms with van der Waals surface area (Å²) in [7, 11) is -0.411. The molecule has 2 aromatic carbocycles. The molecule has 0 aliphatic carbocycles. The molecular weight excluding hydrogens is 447 g/mol. The highest BCUT2D eigenvalue weighted by Gasteiger charge is 2.38. The van der Waals surface area contributed by atoms with Crippen molar-refractivity contribution < 1.29 is 28.3 Å². The predicted molar refractivity (Wildman–Crippen MR) is 132 cm³/mol. The lowest BCUT2D eigenvalue weighted by molar-refractivity contribution is -0.142. The molecule has 2 saturated heterocycles. The summed E-state index contributed by atoms with van der Waals surface area (Å²) in [6.45, 7) is 8.38. The number of ether oxygens (including phenoxy) is 3. The summed E-state index contributed by atoms with van der Waals surface area (Å²) in [6, 6.07) is 13.8. The molecule has 35 heavy (non-hydrogen) atoms. The molecular formula is C26H31BN2O6. The van der Waals surface area contributed by atoms with Gasteiger partial charge in [-0.3, -0.25) is 9.48 Å². The molecule has 2 aliphatic heterocycles. The first-order valence-electron chi connectivity index (χ1n) is 12.2. The summed E-state index contributed by atoms with van der Waals surface area (Å²) in [4.78, 5) is 12.1. The molecule has 3 aromatic rings. The second-order valence-corrected chi connectivity index (χ2v) is 9.58. The van der Waals surface area contributed by atoms with Gasteiger partial charge in [0.2, 0.25) is 0 Å². The smallest absolute Gasteiger partial charge is 0.487 e. The number of benzene rings is 2. The molecule has 0 saturated carbocycles. The number of rotatable bonds is 8. The first-order chi connectivity index (χ1) is 16.9. The third kappa shape index (κ3) is 5.22. The van der Waals surface area contributed by atoms with Crippen molar-refractivity contribution in [1.29, 1.82) is 0 Å². The van der Waals surface area contributed by atoms with Crippen LogP contribution >= 0.6 is 0 Å². The zero-order valence-corrected chi connectivity index (χ0v) is 20.5. The van der Waals surface area contributed by atoms with Gasteiger partial charge in [-0.25, -0.2) is 0 Å². The Morgan fingerprint density at radius 1 is 1.26 bits per heavy atom. The molecule has 0 radical (unpaired) electrons. The monoisotopic (exact) mass is 478 g/mol.